The Labute approximate surface area is 428 Å². The first kappa shape index (κ1) is 37.8. The number of imidazole rings is 1. The molecule has 12 aromatic rings. The van der Waals surface area contributed by atoms with Crippen molar-refractivity contribution in [1.29, 1.82) is 0 Å². The van der Waals surface area contributed by atoms with E-state index < -0.39 is 18.1 Å². The maximum atomic E-state index is 9.35. The van der Waals surface area contributed by atoms with E-state index in [9.17, 15) is 2.74 Å². The van der Waals surface area contributed by atoms with Gasteiger partial charge in [-0.3, -0.25) is 4.57 Å². The van der Waals surface area contributed by atoms with Gasteiger partial charge in [-0.2, -0.15) is 18.2 Å². The van der Waals surface area contributed by atoms with E-state index >= 15 is 0 Å². The summed E-state index contributed by atoms with van der Waals surface area (Å²) in [5, 5.41) is 2.08. The number of para-hydroxylation sites is 2. The van der Waals surface area contributed by atoms with Gasteiger partial charge in [0.2, 0.25) is 0 Å². The summed E-state index contributed by atoms with van der Waals surface area (Å²) in [4.78, 5) is 4.86. The van der Waals surface area contributed by atoms with E-state index in [1.54, 1.807) is 0 Å². The van der Waals surface area contributed by atoms with Crippen LogP contribution in [0, 0.1) is 18.5 Å². The average molecular weight is 1090 g/mol. The van der Waals surface area contributed by atoms with Crippen molar-refractivity contribution >= 4 is 32.8 Å². The summed E-state index contributed by atoms with van der Waals surface area (Å²) in [6.45, 7) is 6.59. The maximum Gasteiger partial charge on any atom is 0.268 e. The van der Waals surface area contributed by atoms with Crippen LogP contribution in [0.5, 0.6) is 11.5 Å². The van der Waals surface area contributed by atoms with Crippen molar-refractivity contribution in [2.45, 2.75) is 26.2 Å². The molecule has 0 fully saturated rings. The van der Waals surface area contributed by atoms with Crippen molar-refractivity contribution in [2.24, 2.45) is 0 Å². The summed E-state index contributed by atoms with van der Waals surface area (Å²) in [5.74, 6) is 1.66. The van der Waals surface area contributed by atoms with Crippen molar-refractivity contribution < 1.29 is 37.2 Å². The monoisotopic (exact) mass is 1080 g/mol. The van der Waals surface area contributed by atoms with Crippen LogP contribution < -0.4 is 9.30 Å². The fourth-order valence-corrected chi connectivity index (χ4v) is 10.1. The van der Waals surface area contributed by atoms with Crippen molar-refractivity contribution in [3.05, 3.63) is 236 Å². The molecule has 0 atom stereocenters. The topological polar surface area (TPSA) is 35.9 Å². The van der Waals surface area contributed by atoms with E-state index in [4.69, 9.17) is 13.8 Å². The summed E-state index contributed by atoms with van der Waals surface area (Å²) < 4.78 is 57.8. The third-order valence-electron chi connectivity index (χ3n) is 13.2. The Hall–Kier alpha value is -8.11. The second-order valence-electron chi connectivity index (χ2n) is 18.4. The predicted octanol–water partition coefficient (Wildman–Crippen LogP) is 15.5. The first-order chi connectivity index (χ1) is 35.9. The van der Waals surface area contributed by atoms with Crippen molar-refractivity contribution in [3.8, 4) is 84.3 Å². The molecule has 9 aromatic carbocycles. The zero-order valence-electron chi connectivity index (χ0n) is 43.3. The Kier molecular flexibility index (Phi) is 9.26. The number of pyridine rings is 1. The number of benzene rings is 9. The number of rotatable bonds is 6. The molecule has 13 rings (SSSR count). The summed E-state index contributed by atoms with van der Waals surface area (Å²) in [6, 6.07) is 64.7. The normalized spacial score (nSPS) is 12.8. The molecule has 4 heterocycles. The number of ether oxygens (including phenoxy) is 1. The Balaban J connectivity index is 0.00000569. The van der Waals surface area contributed by atoms with Crippen molar-refractivity contribution in [1.82, 2.24) is 14.1 Å². The van der Waals surface area contributed by atoms with Crippen LogP contribution in [0.2, 0.25) is 0 Å². The van der Waals surface area contributed by atoms with Gasteiger partial charge >= 0.3 is 0 Å². The molecule has 1 aliphatic rings. The van der Waals surface area contributed by atoms with Crippen LogP contribution in [0.1, 0.15) is 33.2 Å². The minimum Gasteiger partial charge on any atom is -0.510 e. The minimum atomic E-state index is -0.462. The van der Waals surface area contributed by atoms with E-state index in [-0.39, 0.29) is 44.1 Å². The number of nitrogens with zero attached hydrogens (tertiary/aromatic N) is 4. The molecule has 6 heteroatoms. The van der Waals surface area contributed by atoms with Crippen molar-refractivity contribution in [2.75, 3.05) is 0 Å². The molecule has 0 amide bonds. The molecule has 70 heavy (non-hydrogen) atoms. The fraction of sp³-hybridized carbons (Fsp3) is 0.0625. The SMILES string of the molecule is [2H]c1c([2H])c([2H])c(-c2ccc3c4c2n(-c2[c-]c(Oc5[c-]c6c(cc5)c5ccccc5n6-c5cc(C(C)(C)C)ccn5)ccc2)[c-][n+]4-c2c(-c4ccccc4)cccc2-c2ccccc2-c2ccccc2-3)c([2H])c1[2H].[Pt]. The van der Waals surface area contributed by atoms with E-state index in [1.165, 1.54) is 0 Å². The van der Waals surface area contributed by atoms with Gasteiger partial charge in [0, 0.05) is 44.3 Å². The molecular weight excluding hydrogens is 1040 g/mol. The number of hydrogen-bond donors (Lipinski definition) is 0. The third-order valence-corrected chi connectivity index (χ3v) is 13.2. The predicted molar refractivity (Wildman–Crippen MR) is 279 cm³/mol. The Bertz CT molecular complexity index is 4260. The van der Waals surface area contributed by atoms with E-state index in [1.807, 2.05) is 83.6 Å². The van der Waals surface area contributed by atoms with E-state index in [0.717, 1.165) is 88.9 Å². The van der Waals surface area contributed by atoms with Gasteiger partial charge in [0.1, 0.15) is 5.82 Å². The van der Waals surface area contributed by atoms with E-state index in [0.29, 0.717) is 28.3 Å². The number of hydrogen-bond acceptors (Lipinski definition) is 2. The summed E-state index contributed by atoms with van der Waals surface area (Å²) >= 11 is 0. The van der Waals surface area contributed by atoms with Gasteiger partial charge < -0.3 is 13.9 Å². The molecule has 338 valence electrons. The Morgan fingerprint density at radius 3 is 1.97 bits per heavy atom. The molecule has 0 aliphatic carbocycles. The standard InChI is InChI=1S/C64H44N4O.Pt/c1-64(2,3)44-36-37-65-60(38-44)68-58-31-15-14-28-54(58)55-33-32-47(40-59(55)68)69-46-23-16-22-45(39-46)66-41-67-61-48(42-18-6-4-7-19-42)29-17-30-56(61)52-26-12-10-24-50(52)51-25-11-13-27-53(51)57-35-34-49(62(66)63(57)67)43-20-8-5-9-21-43;/h4-38H,1-3H3;/q-2;/i5D,8D,9D,20D,21D;. The zero-order valence-corrected chi connectivity index (χ0v) is 40.6. The largest absolute Gasteiger partial charge is 0.510 e. The molecule has 0 spiro atoms. The maximum absolute atomic E-state index is 9.35. The molecule has 0 radical (unpaired) electrons. The molecule has 3 aromatic heterocycles. The van der Waals surface area contributed by atoms with Gasteiger partial charge in [-0.25, -0.2) is 4.98 Å². The van der Waals surface area contributed by atoms with Crippen LogP contribution in [0.3, 0.4) is 0 Å². The van der Waals surface area contributed by atoms with E-state index in [2.05, 4.69) is 151 Å². The van der Waals surface area contributed by atoms with Gasteiger partial charge in [0.15, 0.2) is 0 Å². The first-order valence-electron chi connectivity index (χ1n) is 25.6. The number of fused-ring (bicyclic) bond motifs is 10. The smallest absolute Gasteiger partial charge is 0.268 e. The zero-order chi connectivity index (χ0) is 50.6. The van der Waals surface area contributed by atoms with Crippen LogP contribution in [-0.4, -0.2) is 14.1 Å². The Morgan fingerprint density at radius 2 is 1.20 bits per heavy atom. The van der Waals surface area contributed by atoms with Crippen molar-refractivity contribution in [3.63, 3.8) is 0 Å². The molecule has 0 bridgehead atoms. The third kappa shape index (κ3) is 7.11. The molecule has 0 N–H and O–H groups in total. The van der Waals surface area contributed by atoms with Crippen LogP contribution in [0.15, 0.2) is 212 Å². The summed E-state index contributed by atoms with van der Waals surface area (Å²) in [7, 11) is 0. The summed E-state index contributed by atoms with van der Waals surface area (Å²) in [5.41, 5.74) is 13.9. The Morgan fingerprint density at radius 1 is 0.557 bits per heavy atom. The minimum absolute atomic E-state index is 0. The van der Waals surface area contributed by atoms with Crippen LogP contribution in [0.25, 0.3) is 106 Å². The molecule has 1 aliphatic heterocycles. The first-order valence-corrected chi connectivity index (χ1v) is 23.1. The van der Waals surface area contributed by atoms with Crippen LogP contribution >= 0.6 is 0 Å². The van der Waals surface area contributed by atoms with Gasteiger partial charge in [-0.05, 0) is 95.9 Å². The fourth-order valence-electron chi connectivity index (χ4n) is 10.1. The van der Waals surface area contributed by atoms with Gasteiger partial charge in [-0.1, -0.05) is 184 Å². The van der Waals surface area contributed by atoms with Crippen LogP contribution in [0.4, 0.5) is 0 Å². The molecular formula is C64H44N4OPt-2. The van der Waals surface area contributed by atoms with Crippen LogP contribution in [-0.2, 0) is 26.5 Å². The quantitative estimate of drug-likeness (QED) is 0.123. The molecule has 0 unspecified atom stereocenters. The molecule has 0 saturated heterocycles. The van der Waals surface area contributed by atoms with Gasteiger partial charge in [-0.15, -0.1) is 29.7 Å². The van der Waals surface area contributed by atoms with Gasteiger partial charge in [0.25, 0.3) is 6.33 Å². The summed E-state index contributed by atoms with van der Waals surface area (Å²) in [6.07, 6.45) is 5.67. The average Bonchev–Trinajstić information content (AvgIpc) is 4.01. The second kappa shape index (κ2) is 17.1. The molecule has 5 nitrogen and oxygen atoms in total. The number of aromatic nitrogens is 4. The van der Waals surface area contributed by atoms with Gasteiger partial charge in [0.05, 0.1) is 23.6 Å². The molecule has 0 saturated carbocycles. The second-order valence-corrected chi connectivity index (χ2v) is 18.4.